The zero-order valence-electron chi connectivity index (χ0n) is 13.9. The predicted molar refractivity (Wildman–Crippen MR) is 99.1 cm³/mol. The standard InChI is InChI=1S/C20H20N4O/c21-18(25)15-9-6-12-24(13-15)20-16-10-4-5-11-17(16)22-19(23-20)14-7-2-1-3-8-14/h1-5,7-8,10-11,15H,6,9,12-13H2,(H2,21,25). The van der Waals surface area contributed by atoms with Gasteiger partial charge in [0.25, 0.3) is 0 Å². The highest BCUT2D eigenvalue weighted by Crippen LogP contribution is 2.30. The Morgan fingerprint density at radius 3 is 2.60 bits per heavy atom. The fourth-order valence-electron chi connectivity index (χ4n) is 3.42. The van der Waals surface area contributed by atoms with Crippen molar-refractivity contribution in [2.24, 2.45) is 11.7 Å². The molecule has 0 aliphatic carbocycles. The topological polar surface area (TPSA) is 72.1 Å². The minimum absolute atomic E-state index is 0.123. The van der Waals surface area contributed by atoms with Crippen molar-refractivity contribution in [2.75, 3.05) is 18.0 Å². The SMILES string of the molecule is NC(=O)C1CCCN(c2nc(-c3ccccc3)nc3ccccc23)C1. The summed E-state index contributed by atoms with van der Waals surface area (Å²) in [5.41, 5.74) is 7.44. The number of anilines is 1. The summed E-state index contributed by atoms with van der Waals surface area (Å²) in [6.45, 7) is 1.49. The second-order valence-corrected chi connectivity index (χ2v) is 6.44. The van der Waals surface area contributed by atoms with Gasteiger partial charge in [0.05, 0.1) is 11.4 Å². The van der Waals surface area contributed by atoms with Gasteiger partial charge in [-0.25, -0.2) is 9.97 Å². The summed E-state index contributed by atoms with van der Waals surface area (Å²) in [7, 11) is 0. The minimum atomic E-state index is -0.230. The predicted octanol–water partition coefficient (Wildman–Crippen LogP) is 3.00. The molecule has 25 heavy (non-hydrogen) atoms. The number of hydrogen-bond acceptors (Lipinski definition) is 4. The van der Waals surface area contributed by atoms with E-state index in [-0.39, 0.29) is 11.8 Å². The molecule has 1 atom stereocenters. The maximum atomic E-state index is 11.6. The normalized spacial score (nSPS) is 17.6. The molecule has 1 saturated heterocycles. The van der Waals surface area contributed by atoms with Crippen LogP contribution in [0.5, 0.6) is 0 Å². The van der Waals surface area contributed by atoms with Gasteiger partial charge in [0.15, 0.2) is 5.82 Å². The first-order chi connectivity index (χ1) is 12.2. The Labute approximate surface area is 146 Å². The number of hydrogen-bond donors (Lipinski definition) is 1. The number of fused-ring (bicyclic) bond motifs is 1. The largest absolute Gasteiger partial charge is 0.369 e. The van der Waals surface area contributed by atoms with E-state index in [4.69, 9.17) is 15.7 Å². The molecule has 1 unspecified atom stereocenters. The van der Waals surface area contributed by atoms with Crippen molar-refractivity contribution in [1.82, 2.24) is 9.97 Å². The molecule has 0 spiro atoms. The molecule has 1 aliphatic heterocycles. The number of nitrogens with zero attached hydrogens (tertiary/aromatic N) is 3. The van der Waals surface area contributed by atoms with Crippen LogP contribution < -0.4 is 10.6 Å². The highest BCUT2D eigenvalue weighted by Gasteiger charge is 2.26. The van der Waals surface area contributed by atoms with E-state index in [0.717, 1.165) is 41.7 Å². The van der Waals surface area contributed by atoms with Gasteiger partial charge in [-0.15, -0.1) is 0 Å². The average molecular weight is 332 g/mol. The molecule has 126 valence electrons. The van der Waals surface area contributed by atoms with E-state index in [1.165, 1.54) is 0 Å². The Balaban J connectivity index is 1.83. The number of nitrogens with two attached hydrogens (primary N) is 1. The molecule has 0 bridgehead atoms. The van der Waals surface area contributed by atoms with E-state index < -0.39 is 0 Å². The molecule has 1 amide bonds. The quantitative estimate of drug-likeness (QED) is 0.800. The average Bonchev–Trinajstić information content (AvgIpc) is 2.68. The van der Waals surface area contributed by atoms with Gasteiger partial charge < -0.3 is 10.6 Å². The third kappa shape index (κ3) is 3.05. The van der Waals surface area contributed by atoms with Crippen LogP contribution in [0.2, 0.25) is 0 Å². The van der Waals surface area contributed by atoms with Crippen LogP contribution in [0.3, 0.4) is 0 Å². The van der Waals surface area contributed by atoms with E-state index >= 15 is 0 Å². The number of rotatable bonds is 3. The van der Waals surface area contributed by atoms with Gasteiger partial charge in [-0.05, 0) is 25.0 Å². The van der Waals surface area contributed by atoms with E-state index in [9.17, 15) is 4.79 Å². The summed E-state index contributed by atoms with van der Waals surface area (Å²) in [5, 5.41) is 1.01. The first-order valence-corrected chi connectivity index (χ1v) is 8.59. The third-order valence-corrected chi connectivity index (χ3v) is 4.74. The zero-order chi connectivity index (χ0) is 17.2. The summed E-state index contributed by atoms with van der Waals surface area (Å²) in [6, 6.07) is 18.0. The molecule has 4 rings (SSSR count). The van der Waals surface area contributed by atoms with Crippen molar-refractivity contribution in [3.8, 4) is 11.4 Å². The molecule has 2 N–H and O–H groups in total. The van der Waals surface area contributed by atoms with Crippen LogP contribution in [0.15, 0.2) is 54.6 Å². The number of primary amides is 1. The van der Waals surface area contributed by atoms with Crippen molar-refractivity contribution < 1.29 is 4.79 Å². The van der Waals surface area contributed by atoms with Gasteiger partial charge in [-0.3, -0.25) is 4.79 Å². The van der Waals surface area contributed by atoms with Crippen LogP contribution in [0.25, 0.3) is 22.3 Å². The van der Waals surface area contributed by atoms with Crippen molar-refractivity contribution in [2.45, 2.75) is 12.8 Å². The molecular formula is C20H20N4O. The molecule has 0 radical (unpaired) electrons. The van der Waals surface area contributed by atoms with Gasteiger partial charge in [-0.2, -0.15) is 0 Å². The van der Waals surface area contributed by atoms with Crippen LogP contribution in [0.1, 0.15) is 12.8 Å². The Morgan fingerprint density at radius 1 is 1.04 bits per heavy atom. The molecule has 5 heteroatoms. The van der Waals surface area contributed by atoms with E-state index in [1.54, 1.807) is 0 Å². The van der Waals surface area contributed by atoms with Crippen molar-refractivity contribution >= 4 is 22.6 Å². The number of carbonyl (C=O) groups excluding carboxylic acids is 1. The molecule has 1 fully saturated rings. The number of carbonyl (C=O) groups is 1. The van der Waals surface area contributed by atoms with Gasteiger partial charge in [0.2, 0.25) is 5.91 Å². The van der Waals surface area contributed by atoms with E-state index in [2.05, 4.69) is 4.90 Å². The summed E-state index contributed by atoms with van der Waals surface area (Å²) in [4.78, 5) is 23.4. The van der Waals surface area contributed by atoms with Gasteiger partial charge in [-0.1, -0.05) is 42.5 Å². The van der Waals surface area contributed by atoms with E-state index in [1.807, 2.05) is 54.6 Å². The smallest absolute Gasteiger partial charge is 0.222 e. The highest BCUT2D eigenvalue weighted by atomic mass is 16.1. The second-order valence-electron chi connectivity index (χ2n) is 6.44. The van der Waals surface area contributed by atoms with Crippen molar-refractivity contribution in [3.63, 3.8) is 0 Å². The lowest BCUT2D eigenvalue weighted by molar-refractivity contribution is -0.122. The molecule has 1 aromatic heterocycles. The molecule has 2 heterocycles. The first-order valence-electron chi connectivity index (χ1n) is 8.59. The lowest BCUT2D eigenvalue weighted by Crippen LogP contribution is -2.41. The summed E-state index contributed by atoms with van der Waals surface area (Å²) >= 11 is 0. The Kier molecular flexibility index (Phi) is 4.06. The second kappa shape index (κ2) is 6.51. The molecule has 0 saturated carbocycles. The van der Waals surface area contributed by atoms with Crippen LogP contribution in [0, 0.1) is 5.92 Å². The minimum Gasteiger partial charge on any atom is -0.369 e. The van der Waals surface area contributed by atoms with E-state index in [0.29, 0.717) is 12.4 Å². The third-order valence-electron chi connectivity index (χ3n) is 4.74. The molecule has 2 aromatic carbocycles. The maximum Gasteiger partial charge on any atom is 0.222 e. The lowest BCUT2D eigenvalue weighted by atomic mass is 9.97. The molecule has 5 nitrogen and oxygen atoms in total. The van der Waals surface area contributed by atoms with Crippen LogP contribution >= 0.6 is 0 Å². The fourth-order valence-corrected chi connectivity index (χ4v) is 3.42. The molecule has 1 aliphatic rings. The Hall–Kier alpha value is -2.95. The number of piperidine rings is 1. The lowest BCUT2D eigenvalue weighted by Gasteiger charge is -2.32. The first kappa shape index (κ1) is 15.6. The monoisotopic (exact) mass is 332 g/mol. The Morgan fingerprint density at radius 2 is 1.80 bits per heavy atom. The van der Waals surface area contributed by atoms with Crippen molar-refractivity contribution in [1.29, 1.82) is 0 Å². The number of aromatic nitrogens is 2. The fraction of sp³-hybridized carbons (Fsp3) is 0.250. The van der Waals surface area contributed by atoms with Crippen molar-refractivity contribution in [3.05, 3.63) is 54.6 Å². The summed E-state index contributed by atoms with van der Waals surface area (Å²) in [6.07, 6.45) is 1.78. The maximum absolute atomic E-state index is 11.6. The zero-order valence-corrected chi connectivity index (χ0v) is 13.9. The number of benzene rings is 2. The van der Waals surface area contributed by atoms with Crippen LogP contribution in [-0.2, 0) is 4.79 Å². The highest BCUT2D eigenvalue weighted by molar-refractivity contribution is 5.91. The van der Waals surface area contributed by atoms with Gasteiger partial charge in [0.1, 0.15) is 5.82 Å². The summed E-state index contributed by atoms with van der Waals surface area (Å²) < 4.78 is 0. The van der Waals surface area contributed by atoms with Gasteiger partial charge >= 0.3 is 0 Å². The molecule has 3 aromatic rings. The molecular weight excluding hydrogens is 312 g/mol. The number of amides is 1. The van der Waals surface area contributed by atoms with Gasteiger partial charge in [0, 0.05) is 24.0 Å². The number of para-hydroxylation sites is 1. The summed E-state index contributed by atoms with van der Waals surface area (Å²) in [5.74, 6) is 1.24. The Bertz CT molecular complexity index is 910. The van der Waals surface area contributed by atoms with Crippen LogP contribution in [0.4, 0.5) is 5.82 Å². The van der Waals surface area contributed by atoms with Crippen LogP contribution in [-0.4, -0.2) is 29.0 Å².